The first-order chi connectivity index (χ1) is 15.7. The molecule has 1 fully saturated rings. The molecule has 0 aliphatic carbocycles. The van der Waals surface area contributed by atoms with Crippen LogP contribution in [-0.4, -0.2) is 80.1 Å². The van der Waals surface area contributed by atoms with E-state index < -0.39 is 6.04 Å². The maximum Gasteiger partial charge on any atom is 0.409 e. The summed E-state index contributed by atoms with van der Waals surface area (Å²) in [5.41, 5.74) is 3.16. The number of rotatable bonds is 7. The predicted octanol–water partition coefficient (Wildman–Crippen LogP) is 1.90. The summed E-state index contributed by atoms with van der Waals surface area (Å²) in [5.74, 6) is -0.220. The van der Waals surface area contributed by atoms with Crippen LogP contribution in [0.3, 0.4) is 0 Å². The van der Waals surface area contributed by atoms with Gasteiger partial charge in [0.2, 0.25) is 11.8 Å². The van der Waals surface area contributed by atoms with Crippen LogP contribution >= 0.6 is 0 Å². The van der Waals surface area contributed by atoms with Crippen molar-refractivity contribution >= 4 is 23.6 Å². The molecular formula is C22H33N7O4. The van der Waals surface area contributed by atoms with E-state index in [4.69, 9.17) is 4.74 Å². The van der Waals surface area contributed by atoms with E-state index in [0.717, 1.165) is 11.4 Å². The fourth-order valence-corrected chi connectivity index (χ4v) is 3.83. The standard InChI is InChI=1S/C22H33N7O4/c1-6-33-22(32)27-11-9-26(10-12-27)21(31)18(5)29-14-19(17(4)25-29)23-20(30)7-8-28-16(3)13-15(2)24-28/h13-14,18H,6-12H2,1-5H3,(H,23,30). The SMILES string of the molecule is CCOC(=O)N1CCN(C(=O)C(C)n2cc(NC(=O)CCn3nc(C)cc3C)c(C)n2)CC1. The third-order valence-corrected chi connectivity index (χ3v) is 5.72. The number of nitrogens with one attached hydrogen (secondary N) is 1. The van der Waals surface area contributed by atoms with Crippen LogP contribution < -0.4 is 5.32 Å². The van der Waals surface area contributed by atoms with Gasteiger partial charge in [0.25, 0.3) is 0 Å². The number of piperazine rings is 1. The van der Waals surface area contributed by atoms with Gasteiger partial charge in [-0.1, -0.05) is 0 Å². The second kappa shape index (κ2) is 10.5. The molecule has 2 aromatic heterocycles. The predicted molar refractivity (Wildman–Crippen MR) is 122 cm³/mol. The summed E-state index contributed by atoms with van der Waals surface area (Å²) in [6.45, 7) is 11.8. The van der Waals surface area contributed by atoms with E-state index in [1.54, 1.807) is 41.4 Å². The van der Waals surface area contributed by atoms with Crippen molar-refractivity contribution in [1.29, 1.82) is 0 Å². The molecule has 1 saturated heterocycles. The van der Waals surface area contributed by atoms with Crippen molar-refractivity contribution in [2.24, 2.45) is 0 Å². The van der Waals surface area contributed by atoms with Crippen LogP contribution in [0.2, 0.25) is 0 Å². The number of hydrogen-bond donors (Lipinski definition) is 1. The Bertz CT molecular complexity index is 1000. The molecule has 1 N–H and O–H groups in total. The molecule has 3 amide bonds. The van der Waals surface area contributed by atoms with E-state index in [1.165, 1.54) is 0 Å². The molecule has 1 aliphatic rings. The van der Waals surface area contributed by atoms with Crippen molar-refractivity contribution < 1.29 is 19.1 Å². The Labute approximate surface area is 193 Å². The molecular weight excluding hydrogens is 426 g/mol. The van der Waals surface area contributed by atoms with Gasteiger partial charge in [0.05, 0.1) is 23.7 Å². The Balaban J connectivity index is 1.54. The van der Waals surface area contributed by atoms with Crippen LogP contribution in [0.1, 0.15) is 43.4 Å². The Kier molecular flexibility index (Phi) is 7.72. The van der Waals surface area contributed by atoms with Crippen molar-refractivity contribution in [2.45, 2.75) is 53.6 Å². The van der Waals surface area contributed by atoms with Crippen LogP contribution in [0.5, 0.6) is 0 Å². The molecule has 3 heterocycles. The first kappa shape index (κ1) is 24.3. The van der Waals surface area contributed by atoms with E-state index in [9.17, 15) is 14.4 Å². The van der Waals surface area contributed by atoms with Crippen LogP contribution in [0.4, 0.5) is 10.5 Å². The quantitative estimate of drug-likeness (QED) is 0.676. The van der Waals surface area contributed by atoms with Crippen molar-refractivity contribution in [1.82, 2.24) is 29.4 Å². The summed E-state index contributed by atoms with van der Waals surface area (Å²) in [7, 11) is 0. The first-order valence-electron chi connectivity index (χ1n) is 11.3. The van der Waals surface area contributed by atoms with Crippen molar-refractivity contribution in [2.75, 3.05) is 38.1 Å². The highest BCUT2D eigenvalue weighted by molar-refractivity contribution is 5.91. The molecule has 1 aliphatic heterocycles. The lowest BCUT2D eigenvalue weighted by Crippen LogP contribution is -2.52. The lowest BCUT2D eigenvalue weighted by molar-refractivity contribution is -0.136. The van der Waals surface area contributed by atoms with Gasteiger partial charge in [-0.05, 0) is 40.7 Å². The number of amides is 3. The molecule has 180 valence electrons. The monoisotopic (exact) mass is 459 g/mol. The summed E-state index contributed by atoms with van der Waals surface area (Å²) in [6.07, 6.45) is 1.62. The van der Waals surface area contributed by atoms with Crippen molar-refractivity contribution in [3.05, 3.63) is 29.3 Å². The molecule has 11 heteroatoms. The largest absolute Gasteiger partial charge is 0.450 e. The summed E-state index contributed by atoms with van der Waals surface area (Å²) < 4.78 is 8.41. The van der Waals surface area contributed by atoms with Gasteiger partial charge in [0, 0.05) is 51.0 Å². The van der Waals surface area contributed by atoms with Gasteiger partial charge in [-0.3, -0.25) is 19.0 Å². The fraction of sp³-hybridized carbons (Fsp3) is 0.591. The molecule has 0 radical (unpaired) electrons. The summed E-state index contributed by atoms with van der Waals surface area (Å²) in [6, 6.07) is 1.44. The van der Waals surface area contributed by atoms with Crippen LogP contribution in [-0.2, 0) is 20.9 Å². The van der Waals surface area contributed by atoms with Crippen molar-refractivity contribution in [3.8, 4) is 0 Å². The second-order valence-corrected chi connectivity index (χ2v) is 8.24. The highest BCUT2D eigenvalue weighted by Crippen LogP contribution is 2.19. The molecule has 1 unspecified atom stereocenters. The number of aryl methyl sites for hydroxylation is 4. The summed E-state index contributed by atoms with van der Waals surface area (Å²) in [4.78, 5) is 40.6. The van der Waals surface area contributed by atoms with Crippen LogP contribution in [0.25, 0.3) is 0 Å². The maximum absolute atomic E-state index is 13.0. The molecule has 1 atom stereocenters. The van der Waals surface area contributed by atoms with Gasteiger partial charge >= 0.3 is 6.09 Å². The Morgan fingerprint density at radius 1 is 1.09 bits per heavy atom. The zero-order chi connectivity index (χ0) is 24.1. The van der Waals surface area contributed by atoms with E-state index in [2.05, 4.69) is 15.5 Å². The smallest absolute Gasteiger partial charge is 0.409 e. The first-order valence-corrected chi connectivity index (χ1v) is 11.3. The number of nitrogens with zero attached hydrogens (tertiary/aromatic N) is 6. The highest BCUT2D eigenvalue weighted by atomic mass is 16.6. The molecule has 11 nitrogen and oxygen atoms in total. The van der Waals surface area contributed by atoms with Gasteiger partial charge in [0.1, 0.15) is 6.04 Å². The van der Waals surface area contributed by atoms with Gasteiger partial charge in [-0.25, -0.2) is 4.79 Å². The third kappa shape index (κ3) is 5.91. The molecule has 0 spiro atoms. The third-order valence-electron chi connectivity index (χ3n) is 5.72. The van der Waals surface area contributed by atoms with Crippen LogP contribution in [0, 0.1) is 20.8 Å². The van der Waals surface area contributed by atoms with E-state index in [0.29, 0.717) is 50.7 Å². The maximum atomic E-state index is 13.0. The number of aromatic nitrogens is 4. The minimum absolute atomic E-state index is 0.0802. The molecule has 3 rings (SSSR count). The number of carbonyl (C=O) groups excluding carboxylic acids is 3. The van der Waals surface area contributed by atoms with Crippen molar-refractivity contribution in [3.63, 3.8) is 0 Å². The molecule has 33 heavy (non-hydrogen) atoms. The minimum atomic E-state index is -0.529. The van der Waals surface area contributed by atoms with Gasteiger partial charge in [0.15, 0.2) is 0 Å². The molecule has 0 bridgehead atoms. The average Bonchev–Trinajstić information content (AvgIpc) is 3.31. The van der Waals surface area contributed by atoms with Gasteiger partial charge < -0.3 is 19.9 Å². The van der Waals surface area contributed by atoms with Crippen LogP contribution in [0.15, 0.2) is 12.3 Å². The summed E-state index contributed by atoms with van der Waals surface area (Å²) in [5, 5.41) is 11.7. The van der Waals surface area contributed by atoms with E-state index in [1.807, 2.05) is 24.6 Å². The number of anilines is 1. The molecule has 0 aromatic carbocycles. The van der Waals surface area contributed by atoms with E-state index in [-0.39, 0.29) is 24.3 Å². The lowest BCUT2D eigenvalue weighted by atomic mass is 10.2. The highest BCUT2D eigenvalue weighted by Gasteiger charge is 2.29. The average molecular weight is 460 g/mol. The zero-order valence-electron chi connectivity index (χ0n) is 20.0. The normalized spacial score (nSPS) is 14.8. The topological polar surface area (TPSA) is 115 Å². The summed E-state index contributed by atoms with van der Waals surface area (Å²) >= 11 is 0. The van der Waals surface area contributed by atoms with Gasteiger partial charge in [-0.2, -0.15) is 10.2 Å². The van der Waals surface area contributed by atoms with Gasteiger partial charge in [-0.15, -0.1) is 0 Å². The Morgan fingerprint density at radius 3 is 2.36 bits per heavy atom. The lowest BCUT2D eigenvalue weighted by Gasteiger charge is -2.35. The minimum Gasteiger partial charge on any atom is -0.450 e. The Morgan fingerprint density at radius 2 is 1.76 bits per heavy atom. The number of ether oxygens (including phenoxy) is 1. The second-order valence-electron chi connectivity index (χ2n) is 8.24. The number of carbonyl (C=O) groups is 3. The molecule has 0 saturated carbocycles. The fourth-order valence-electron chi connectivity index (χ4n) is 3.83. The Hall–Kier alpha value is -3.37. The number of hydrogen-bond acceptors (Lipinski definition) is 6. The zero-order valence-corrected chi connectivity index (χ0v) is 20.0. The molecule has 2 aromatic rings. The van der Waals surface area contributed by atoms with E-state index >= 15 is 0 Å².